The first-order chi connectivity index (χ1) is 5.93. The zero-order valence-electron chi connectivity index (χ0n) is 7.81. The second kappa shape index (κ2) is 6.21. The van der Waals surface area contributed by atoms with E-state index in [0.29, 0.717) is 0 Å². The summed E-state index contributed by atoms with van der Waals surface area (Å²) in [7, 11) is 0. The van der Waals surface area contributed by atoms with E-state index in [9.17, 15) is 0 Å². The van der Waals surface area contributed by atoms with E-state index in [2.05, 4.69) is 17.2 Å². The van der Waals surface area contributed by atoms with E-state index < -0.39 is 0 Å². The second-order valence-corrected chi connectivity index (χ2v) is 3.41. The monoisotopic (exact) mass is 168 g/mol. The topological polar surface area (TPSA) is 24.1 Å². The molecule has 0 aromatic carbocycles. The zero-order valence-corrected chi connectivity index (χ0v) is 7.81. The van der Waals surface area contributed by atoms with Crippen molar-refractivity contribution in [2.24, 2.45) is 0 Å². The van der Waals surface area contributed by atoms with Gasteiger partial charge in [-0.2, -0.15) is 0 Å². The van der Waals surface area contributed by atoms with Crippen molar-refractivity contribution < 1.29 is 0 Å². The summed E-state index contributed by atoms with van der Waals surface area (Å²) in [5.41, 5.74) is 0. The molecule has 0 aromatic heterocycles. The highest BCUT2D eigenvalue weighted by Gasteiger charge is 2.19. The Hall–Kier alpha value is -0.340. The molecule has 0 aliphatic heterocycles. The van der Waals surface area contributed by atoms with Crippen LogP contribution in [0.3, 0.4) is 0 Å². The van der Waals surface area contributed by atoms with Gasteiger partial charge in [0.2, 0.25) is 0 Å². The molecule has 1 rings (SSSR count). The van der Waals surface area contributed by atoms with Gasteiger partial charge in [0.05, 0.1) is 0 Å². The van der Waals surface area contributed by atoms with Crippen molar-refractivity contribution in [3.8, 4) is 0 Å². The second-order valence-electron chi connectivity index (χ2n) is 3.41. The smallest absolute Gasteiger partial charge is 0.00682 e. The highest BCUT2D eigenvalue weighted by molar-refractivity contribution is 4.80. The SMILES string of the molecule is C=CCCNCCCNC1CC1. The minimum absolute atomic E-state index is 0.859. The van der Waals surface area contributed by atoms with Gasteiger partial charge in [-0.3, -0.25) is 0 Å². The summed E-state index contributed by atoms with van der Waals surface area (Å²) in [6, 6.07) is 0.859. The van der Waals surface area contributed by atoms with Crippen molar-refractivity contribution in [3.05, 3.63) is 12.7 Å². The molecule has 0 saturated heterocycles. The molecule has 2 N–H and O–H groups in total. The Morgan fingerprint density at radius 1 is 1.25 bits per heavy atom. The summed E-state index contributed by atoms with van der Waals surface area (Å²) in [5, 5.41) is 6.86. The zero-order chi connectivity index (χ0) is 8.65. The van der Waals surface area contributed by atoms with Crippen LogP contribution in [0.4, 0.5) is 0 Å². The predicted molar refractivity (Wildman–Crippen MR) is 53.3 cm³/mol. The molecule has 1 aliphatic rings. The molecule has 0 heterocycles. The highest BCUT2D eigenvalue weighted by atomic mass is 14.9. The molecule has 0 spiro atoms. The molecular formula is C10H20N2. The molecule has 0 unspecified atom stereocenters. The van der Waals surface area contributed by atoms with Gasteiger partial charge in [-0.25, -0.2) is 0 Å². The third-order valence-electron chi connectivity index (χ3n) is 2.07. The third kappa shape index (κ3) is 5.33. The molecular weight excluding hydrogens is 148 g/mol. The molecule has 2 nitrogen and oxygen atoms in total. The average Bonchev–Trinajstić information content (AvgIpc) is 2.87. The minimum atomic E-state index is 0.859. The lowest BCUT2D eigenvalue weighted by atomic mass is 10.4. The standard InChI is InChI=1S/C10H20N2/c1-2-3-7-11-8-4-9-12-10-5-6-10/h2,10-12H,1,3-9H2. The van der Waals surface area contributed by atoms with Gasteiger partial charge in [0.1, 0.15) is 0 Å². The molecule has 70 valence electrons. The molecule has 2 heteroatoms. The van der Waals surface area contributed by atoms with Crippen molar-refractivity contribution in [2.75, 3.05) is 19.6 Å². The lowest BCUT2D eigenvalue weighted by Gasteiger charge is -2.03. The van der Waals surface area contributed by atoms with Crippen molar-refractivity contribution in [3.63, 3.8) is 0 Å². The average molecular weight is 168 g/mol. The number of hydrogen-bond acceptors (Lipinski definition) is 2. The summed E-state index contributed by atoms with van der Waals surface area (Å²) in [5.74, 6) is 0. The highest BCUT2D eigenvalue weighted by Crippen LogP contribution is 2.18. The van der Waals surface area contributed by atoms with E-state index in [1.807, 2.05) is 6.08 Å². The Kier molecular flexibility index (Phi) is 5.04. The van der Waals surface area contributed by atoms with Crippen LogP contribution in [-0.2, 0) is 0 Å². The van der Waals surface area contributed by atoms with Crippen molar-refractivity contribution >= 4 is 0 Å². The van der Waals surface area contributed by atoms with Crippen LogP contribution in [0.2, 0.25) is 0 Å². The van der Waals surface area contributed by atoms with Crippen molar-refractivity contribution in [2.45, 2.75) is 31.7 Å². The fourth-order valence-electron chi connectivity index (χ4n) is 1.14. The fourth-order valence-corrected chi connectivity index (χ4v) is 1.14. The predicted octanol–water partition coefficient (Wildman–Crippen LogP) is 1.29. The van der Waals surface area contributed by atoms with E-state index in [1.165, 1.54) is 25.8 Å². The van der Waals surface area contributed by atoms with E-state index in [-0.39, 0.29) is 0 Å². The van der Waals surface area contributed by atoms with Crippen LogP contribution >= 0.6 is 0 Å². The molecule has 0 aromatic rings. The number of rotatable bonds is 8. The van der Waals surface area contributed by atoms with Crippen LogP contribution in [0, 0.1) is 0 Å². The van der Waals surface area contributed by atoms with E-state index in [0.717, 1.165) is 25.6 Å². The first kappa shape index (κ1) is 9.75. The maximum Gasteiger partial charge on any atom is 0.00682 e. The van der Waals surface area contributed by atoms with Crippen LogP contribution in [0.15, 0.2) is 12.7 Å². The molecule has 1 fully saturated rings. The Balaban J connectivity index is 1.67. The molecule has 0 amide bonds. The minimum Gasteiger partial charge on any atom is -0.316 e. The van der Waals surface area contributed by atoms with Gasteiger partial charge in [0.15, 0.2) is 0 Å². The Labute approximate surface area is 75.4 Å². The van der Waals surface area contributed by atoms with Gasteiger partial charge in [0.25, 0.3) is 0 Å². The Bertz CT molecular complexity index is 119. The Morgan fingerprint density at radius 3 is 2.75 bits per heavy atom. The summed E-state index contributed by atoms with van der Waals surface area (Å²) in [6.45, 7) is 7.05. The van der Waals surface area contributed by atoms with Crippen molar-refractivity contribution in [1.29, 1.82) is 0 Å². The summed E-state index contributed by atoms with van der Waals surface area (Å²) in [4.78, 5) is 0. The summed E-state index contributed by atoms with van der Waals surface area (Å²) >= 11 is 0. The first-order valence-corrected chi connectivity index (χ1v) is 4.98. The van der Waals surface area contributed by atoms with Crippen LogP contribution < -0.4 is 10.6 Å². The van der Waals surface area contributed by atoms with E-state index in [4.69, 9.17) is 0 Å². The van der Waals surface area contributed by atoms with Gasteiger partial charge in [-0.15, -0.1) is 6.58 Å². The van der Waals surface area contributed by atoms with Gasteiger partial charge < -0.3 is 10.6 Å². The van der Waals surface area contributed by atoms with Crippen LogP contribution in [-0.4, -0.2) is 25.7 Å². The largest absolute Gasteiger partial charge is 0.316 e. The summed E-state index contributed by atoms with van der Waals surface area (Å²) in [6.07, 6.45) is 7.06. The molecule has 0 atom stereocenters. The van der Waals surface area contributed by atoms with Crippen LogP contribution in [0.5, 0.6) is 0 Å². The molecule has 1 saturated carbocycles. The molecule has 12 heavy (non-hydrogen) atoms. The molecule has 0 bridgehead atoms. The Morgan fingerprint density at radius 2 is 2.08 bits per heavy atom. The quantitative estimate of drug-likeness (QED) is 0.421. The lowest BCUT2D eigenvalue weighted by molar-refractivity contribution is 0.596. The third-order valence-corrected chi connectivity index (χ3v) is 2.07. The molecule has 1 aliphatic carbocycles. The number of nitrogens with one attached hydrogen (secondary N) is 2. The first-order valence-electron chi connectivity index (χ1n) is 4.98. The molecule has 0 radical (unpaired) electrons. The van der Waals surface area contributed by atoms with Gasteiger partial charge >= 0.3 is 0 Å². The fraction of sp³-hybridized carbons (Fsp3) is 0.800. The van der Waals surface area contributed by atoms with Gasteiger partial charge in [-0.1, -0.05) is 6.08 Å². The number of hydrogen-bond donors (Lipinski definition) is 2. The van der Waals surface area contributed by atoms with E-state index in [1.54, 1.807) is 0 Å². The van der Waals surface area contributed by atoms with Crippen LogP contribution in [0.1, 0.15) is 25.7 Å². The lowest BCUT2D eigenvalue weighted by Crippen LogP contribution is -2.23. The van der Waals surface area contributed by atoms with Crippen molar-refractivity contribution in [1.82, 2.24) is 10.6 Å². The van der Waals surface area contributed by atoms with Crippen LogP contribution in [0.25, 0.3) is 0 Å². The van der Waals surface area contributed by atoms with Gasteiger partial charge in [0, 0.05) is 6.04 Å². The maximum absolute atomic E-state index is 3.67. The maximum atomic E-state index is 3.67. The van der Waals surface area contributed by atoms with Gasteiger partial charge in [-0.05, 0) is 45.3 Å². The summed E-state index contributed by atoms with van der Waals surface area (Å²) < 4.78 is 0. The normalized spacial score (nSPS) is 16.3. The van der Waals surface area contributed by atoms with E-state index >= 15 is 0 Å².